The third-order valence-electron chi connectivity index (χ3n) is 5.00. The molecule has 1 heterocycles. The number of hydrogen-bond donors (Lipinski definition) is 1. The molecule has 0 unspecified atom stereocenters. The van der Waals surface area contributed by atoms with Crippen molar-refractivity contribution < 1.29 is 18.0 Å². The van der Waals surface area contributed by atoms with E-state index in [1.54, 1.807) is 0 Å². The molecule has 0 saturated carbocycles. The average Bonchev–Trinajstić information content (AvgIpc) is 2.69. The number of anilines is 1. The van der Waals surface area contributed by atoms with Crippen LogP contribution in [-0.4, -0.2) is 48.4 Å². The van der Waals surface area contributed by atoms with Gasteiger partial charge in [0.05, 0.1) is 5.56 Å². The molecule has 0 aliphatic carbocycles. The first-order valence-electron chi connectivity index (χ1n) is 9.37. The number of alkyl halides is 3. The van der Waals surface area contributed by atoms with Crippen molar-refractivity contribution in [2.24, 2.45) is 0 Å². The van der Waals surface area contributed by atoms with Crippen LogP contribution in [0.3, 0.4) is 0 Å². The van der Waals surface area contributed by atoms with Crippen molar-refractivity contribution in [1.82, 2.24) is 9.80 Å². The Labute approximate surface area is 162 Å². The molecule has 28 heavy (non-hydrogen) atoms. The third kappa shape index (κ3) is 5.33. The van der Waals surface area contributed by atoms with E-state index >= 15 is 0 Å². The van der Waals surface area contributed by atoms with Gasteiger partial charge >= 0.3 is 6.18 Å². The van der Waals surface area contributed by atoms with Crippen LogP contribution < -0.4 is 5.32 Å². The molecule has 3 rings (SSSR count). The smallest absolute Gasteiger partial charge is 0.322 e. The van der Waals surface area contributed by atoms with Crippen LogP contribution in [0.15, 0.2) is 48.5 Å². The Kier molecular flexibility index (Phi) is 6.36. The molecule has 1 aliphatic heterocycles. The Morgan fingerprint density at radius 1 is 0.929 bits per heavy atom. The van der Waals surface area contributed by atoms with Gasteiger partial charge in [-0.05, 0) is 48.5 Å². The van der Waals surface area contributed by atoms with Gasteiger partial charge in [0.15, 0.2) is 0 Å². The van der Waals surface area contributed by atoms with E-state index in [1.807, 2.05) is 24.3 Å². The predicted molar refractivity (Wildman–Crippen MR) is 103 cm³/mol. The van der Waals surface area contributed by atoms with Gasteiger partial charge in [0.25, 0.3) is 5.91 Å². The minimum atomic E-state index is -4.41. The van der Waals surface area contributed by atoms with Gasteiger partial charge in [-0.1, -0.05) is 19.1 Å². The molecule has 1 saturated heterocycles. The lowest BCUT2D eigenvalue weighted by Gasteiger charge is -2.34. The molecule has 1 aliphatic rings. The molecule has 150 valence electrons. The van der Waals surface area contributed by atoms with Crippen molar-refractivity contribution in [2.75, 3.05) is 38.0 Å². The van der Waals surface area contributed by atoms with Gasteiger partial charge in [0.2, 0.25) is 0 Å². The summed E-state index contributed by atoms with van der Waals surface area (Å²) in [5.41, 5.74) is 1.20. The molecule has 0 aromatic heterocycles. The van der Waals surface area contributed by atoms with E-state index in [1.165, 1.54) is 12.1 Å². The van der Waals surface area contributed by atoms with E-state index in [-0.39, 0.29) is 5.56 Å². The maximum absolute atomic E-state index is 12.6. The number of benzene rings is 2. The highest BCUT2D eigenvalue weighted by molar-refractivity contribution is 6.04. The summed E-state index contributed by atoms with van der Waals surface area (Å²) in [5.74, 6) is -0.433. The van der Waals surface area contributed by atoms with Crippen LogP contribution in [0, 0.1) is 0 Å². The van der Waals surface area contributed by atoms with Crippen LogP contribution in [0.4, 0.5) is 18.9 Å². The summed E-state index contributed by atoms with van der Waals surface area (Å²) < 4.78 is 37.8. The second kappa shape index (κ2) is 8.75. The Hall–Kier alpha value is -2.38. The molecule has 1 amide bonds. The van der Waals surface area contributed by atoms with E-state index in [0.29, 0.717) is 5.69 Å². The summed E-state index contributed by atoms with van der Waals surface area (Å²) in [7, 11) is 0. The second-order valence-corrected chi connectivity index (χ2v) is 6.94. The van der Waals surface area contributed by atoms with Gasteiger partial charge in [0.1, 0.15) is 0 Å². The minimum absolute atomic E-state index is 0.186. The fourth-order valence-electron chi connectivity index (χ4n) is 3.23. The molecule has 4 nitrogen and oxygen atoms in total. The lowest BCUT2D eigenvalue weighted by molar-refractivity contribution is -0.137. The lowest BCUT2D eigenvalue weighted by Crippen LogP contribution is -2.45. The van der Waals surface area contributed by atoms with Crippen LogP contribution in [0.5, 0.6) is 0 Å². The molecule has 2 aromatic carbocycles. The lowest BCUT2D eigenvalue weighted by atomic mass is 10.1. The number of nitrogens with one attached hydrogen (secondary N) is 1. The predicted octanol–water partition coefficient (Wildman–Crippen LogP) is 4.10. The standard InChI is InChI=1S/C21H24F3N3O/c1-2-26-11-13-27(14-12-26)15-16-3-9-19(10-4-16)25-20(28)17-5-7-18(8-6-17)21(22,23)24/h3-10H,2,11-15H2,1H3,(H,25,28). The Morgan fingerprint density at radius 2 is 1.50 bits per heavy atom. The van der Waals surface area contributed by atoms with E-state index < -0.39 is 17.6 Å². The summed E-state index contributed by atoms with van der Waals surface area (Å²) >= 11 is 0. The van der Waals surface area contributed by atoms with Crippen LogP contribution in [-0.2, 0) is 12.7 Å². The van der Waals surface area contributed by atoms with Crippen molar-refractivity contribution in [3.63, 3.8) is 0 Å². The molecule has 0 bridgehead atoms. The molecule has 1 N–H and O–H groups in total. The SMILES string of the molecule is CCN1CCN(Cc2ccc(NC(=O)c3ccc(C(F)(F)F)cc3)cc2)CC1. The maximum atomic E-state index is 12.6. The van der Waals surface area contributed by atoms with Crippen molar-refractivity contribution in [3.8, 4) is 0 Å². The number of likely N-dealkylation sites (N-methyl/N-ethyl adjacent to an activating group) is 1. The van der Waals surface area contributed by atoms with E-state index in [0.717, 1.165) is 57.0 Å². The molecular formula is C21H24F3N3O. The quantitative estimate of drug-likeness (QED) is 0.834. The van der Waals surface area contributed by atoms with E-state index in [4.69, 9.17) is 0 Å². The zero-order valence-electron chi connectivity index (χ0n) is 15.8. The first kappa shape index (κ1) is 20.4. The number of carbonyl (C=O) groups is 1. The van der Waals surface area contributed by atoms with E-state index in [9.17, 15) is 18.0 Å². The van der Waals surface area contributed by atoms with Gasteiger partial charge in [0, 0.05) is 44.0 Å². The molecular weight excluding hydrogens is 367 g/mol. The molecule has 7 heteroatoms. The highest BCUT2D eigenvalue weighted by Gasteiger charge is 2.30. The van der Waals surface area contributed by atoms with Gasteiger partial charge in [-0.25, -0.2) is 0 Å². The largest absolute Gasteiger partial charge is 0.416 e. The van der Waals surface area contributed by atoms with Crippen molar-refractivity contribution in [3.05, 3.63) is 65.2 Å². The molecule has 0 radical (unpaired) electrons. The fraction of sp³-hybridized carbons (Fsp3) is 0.381. The first-order valence-corrected chi connectivity index (χ1v) is 9.37. The van der Waals surface area contributed by atoms with Crippen LogP contribution in [0.25, 0.3) is 0 Å². The normalized spacial score (nSPS) is 16.1. The van der Waals surface area contributed by atoms with Crippen molar-refractivity contribution in [2.45, 2.75) is 19.6 Å². The van der Waals surface area contributed by atoms with E-state index in [2.05, 4.69) is 22.0 Å². The summed E-state index contributed by atoms with van der Waals surface area (Å²) in [6.45, 7) is 8.37. The van der Waals surface area contributed by atoms with Gasteiger partial charge in [-0.2, -0.15) is 13.2 Å². The highest BCUT2D eigenvalue weighted by Crippen LogP contribution is 2.29. The van der Waals surface area contributed by atoms with Crippen molar-refractivity contribution in [1.29, 1.82) is 0 Å². The molecule has 1 fully saturated rings. The molecule has 0 atom stereocenters. The monoisotopic (exact) mass is 391 g/mol. The minimum Gasteiger partial charge on any atom is -0.322 e. The summed E-state index contributed by atoms with van der Waals surface area (Å²) in [6, 6.07) is 11.8. The first-order chi connectivity index (χ1) is 13.3. The van der Waals surface area contributed by atoms with Gasteiger partial charge in [-0.15, -0.1) is 0 Å². The summed E-state index contributed by atoms with van der Waals surface area (Å²) in [4.78, 5) is 17.1. The number of amides is 1. The fourth-order valence-corrected chi connectivity index (χ4v) is 3.23. The maximum Gasteiger partial charge on any atom is 0.416 e. The number of halogens is 3. The van der Waals surface area contributed by atoms with Gasteiger partial charge in [-0.3, -0.25) is 9.69 Å². The second-order valence-electron chi connectivity index (χ2n) is 6.94. The number of piperazine rings is 1. The Morgan fingerprint density at radius 3 is 2.04 bits per heavy atom. The average molecular weight is 391 g/mol. The zero-order chi connectivity index (χ0) is 20.1. The summed E-state index contributed by atoms with van der Waals surface area (Å²) in [6.07, 6.45) is -4.41. The molecule has 0 spiro atoms. The van der Waals surface area contributed by atoms with Crippen molar-refractivity contribution >= 4 is 11.6 Å². The molecule has 2 aromatic rings. The van der Waals surface area contributed by atoms with Crippen LogP contribution >= 0.6 is 0 Å². The topological polar surface area (TPSA) is 35.6 Å². The Bertz CT molecular complexity index is 780. The zero-order valence-corrected chi connectivity index (χ0v) is 15.8. The summed E-state index contributed by atoms with van der Waals surface area (Å²) in [5, 5.41) is 2.72. The van der Waals surface area contributed by atoms with Crippen LogP contribution in [0.1, 0.15) is 28.4 Å². The number of hydrogen-bond acceptors (Lipinski definition) is 3. The van der Waals surface area contributed by atoms with Gasteiger partial charge < -0.3 is 10.2 Å². The van der Waals surface area contributed by atoms with Crippen LogP contribution in [0.2, 0.25) is 0 Å². The number of nitrogens with zero attached hydrogens (tertiary/aromatic N) is 2. The third-order valence-corrected chi connectivity index (χ3v) is 5.00. The number of rotatable bonds is 5. The number of carbonyl (C=O) groups excluding carboxylic acids is 1. The Balaban J connectivity index is 1.54. The highest BCUT2D eigenvalue weighted by atomic mass is 19.4.